The van der Waals surface area contributed by atoms with Crippen molar-refractivity contribution >= 4 is 84.7 Å². The van der Waals surface area contributed by atoms with Gasteiger partial charge in [0, 0.05) is 19.5 Å². The summed E-state index contributed by atoms with van der Waals surface area (Å²) in [5.41, 5.74) is 0. The Kier molecular flexibility index (Phi) is 105. The topological polar surface area (TPSA) is 0 Å². The summed E-state index contributed by atoms with van der Waals surface area (Å²) in [6.45, 7) is 0. The van der Waals surface area contributed by atoms with Gasteiger partial charge in [-0.15, -0.1) is 0 Å². The van der Waals surface area contributed by atoms with E-state index >= 15 is 0 Å². The zero-order valence-corrected chi connectivity index (χ0v) is 3.67. The van der Waals surface area contributed by atoms with Gasteiger partial charge in [-0.1, -0.05) is 0 Å². The van der Waals surface area contributed by atoms with Gasteiger partial charge in [0.15, 0.2) is 0 Å². The van der Waals surface area contributed by atoms with Crippen LogP contribution in [-0.2, 0) is 19.5 Å². The van der Waals surface area contributed by atoms with E-state index in [2.05, 4.69) is 0 Å². The van der Waals surface area contributed by atoms with Gasteiger partial charge in [-0.05, 0) is 0 Å². The van der Waals surface area contributed by atoms with E-state index in [4.69, 9.17) is 0 Å². The average Bonchev–Trinajstić information content (AvgIpc) is 0. The third-order valence-electron chi connectivity index (χ3n) is 0. The normalized spacial score (nSPS) is 0. The standard InChI is InChI=1S/Ca.Mg.Sn.Zn.8H. The molecule has 0 unspecified atom stereocenters. The molecule has 0 aliphatic rings. The average molecular weight is 257 g/mol. The van der Waals surface area contributed by atoms with Gasteiger partial charge in [-0.3, -0.25) is 0 Å². The zero-order valence-electron chi connectivity index (χ0n) is 0.707. The van der Waals surface area contributed by atoms with Gasteiger partial charge in [-0.2, -0.15) is 0 Å². The molecule has 0 aromatic carbocycles. The first-order valence-corrected chi connectivity index (χ1v) is 0. The molecule has 0 saturated carbocycles. The van der Waals surface area contributed by atoms with Gasteiger partial charge in [0.1, 0.15) is 0 Å². The second-order valence-corrected chi connectivity index (χ2v) is 0. The molecule has 0 radical (unpaired) electrons. The van der Waals surface area contributed by atoms with Crippen molar-refractivity contribution in [3.05, 3.63) is 0 Å². The second kappa shape index (κ2) is 16.1. The summed E-state index contributed by atoms with van der Waals surface area (Å²) in [5, 5.41) is 0. The van der Waals surface area contributed by atoms with E-state index in [-0.39, 0.29) is 104 Å². The minimum atomic E-state index is 0. The van der Waals surface area contributed by atoms with E-state index in [0.29, 0.717) is 0 Å². The minimum Gasteiger partial charge on any atom is 0 e. The molecule has 0 heterocycles. The molecule has 4 heavy (non-hydrogen) atoms. The summed E-state index contributed by atoms with van der Waals surface area (Å²) in [4.78, 5) is 0. The molecule has 18 valence electrons. The molecular formula is H8CaMgSnZn. The van der Waals surface area contributed by atoms with Crippen LogP contribution in [0.4, 0.5) is 0 Å². The molecule has 0 nitrogen and oxygen atoms in total. The summed E-state index contributed by atoms with van der Waals surface area (Å²) in [6, 6.07) is 0. The molecule has 0 saturated heterocycles. The van der Waals surface area contributed by atoms with Crippen molar-refractivity contribution in [1.82, 2.24) is 0 Å². The quantitative estimate of drug-likeness (QED) is 0.399. The van der Waals surface area contributed by atoms with Crippen molar-refractivity contribution < 1.29 is 19.5 Å². The first-order valence-electron chi connectivity index (χ1n) is 0. The Hall–Kier alpha value is 3.45. The maximum Gasteiger partial charge on any atom is 0 e. The molecule has 0 bridgehead atoms. The van der Waals surface area contributed by atoms with Crippen LogP contribution in [0.25, 0.3) is 0 Å². The molecule has 0 N–H and O–H groups in total. The molecule has 0 aliphatic carbocycles. The van der Waals surface area contributed by atoms with Crippen molar-refractivity contribution in [3.63, 3.8) is 0 Å². The Labute approximate surface area is 102 Å². The van der Waals surface area contributed by atoms with E-state index < -0.39 is 0 Å². The third kappa shape index (κ3) is 9.07. The molecule has 0 aromatic heterocycles. The molecule has 0 aromatic rings. The first-order chi connectivity index (χ1) is 0. The monoisotopic (exact) mass is 256 g/mol. The SMILES string of the molecule is [CaH2].[MgH2].[SnH4].[Zn]. The van der Waals surface area contributed by atoms with Gasteiger partial charge < -0.3 is 0 Å². The van der Waals surface area contributed by atoms with Gasteiger partial charge in [-0.25, -0.2) is 0 Å². The van der Waals surface area contributed by atoms with Crippen molar-refractivity contribution in [2.45, 2.75) is 0 Å². The molecule has 0 spiro atoms. The van der Waals surface area contributed by atoms with E-state index in [1.807, 2.05) is 0 Å². The van der Waals surface area contributed by atoms with E-state index in [1.54, 1.807) is 0 Å². The Balaban J connectivity index is 0. The maximum atomic E-state index is 0. The van der Waals surface area contributed by atoms with Crippen LogP contribution in [0.1, 0.15) is 0 Å². The van der Waals surface area contributed by atoms with Gasteiger partial charge in [0.25, 0.3) is 0 Å². The van der Waals surface area contributed by atoms with Crippen LogP contribution in [0.3, 0.4) is 0 Å². The van der Waals surface area contributed by atoms with Crippen LogP contribution in [0.15, 0.2) is 0 Å². The summed E-state index contributed by atoms with van der Waals surface area (Å²) in [5.74, 6) is 0. The molecule has 0 atom stereocenters. The summed E-state index contributed by atoms with van der Waals surface area (Å²) in [7, 11) is 0. The van der Waals surface area contributed by atoms with E-state index in [1.165, 1.54) is 0 Å². The Morgan fingerprint density at radius 2 is 1.00 bits per heavy atom. The Morgan fingerprint density at radius 3 is 1.00 bits per heavy atom. The van der Waals surface area contributed by atoms with Crippen LogP contribution >= 0.6 is 0 Å². The van der Waals surface area contributed by atoms with Crippen molar-refractivity contribution in [3.8, 4) is 0 Å². The van der Waals surface area contributed by atoms with Crippen molar-refractivity contribution in [2.24, 2.45) is 0 Å². The molecule has 0 rings (SSSR count). The molecule has 0 aliphatic heterocycles. The van der Waals surface area contributed by atoms with Gasteiger partial charge >= 0.3 is 84.7 Å². The van der Waals surface area contributed by atoms with Gasteiger partial charge in [0.2, 0.25) is 0 Å². The van der Waals surface area contributed by atoms with E-state index in [9.17, 15) is 0 Å². The fourth-order valence-corrected chi connectivity index (χ4v) is 0. The largest absolute Gasteiger partial charge is 0 e. The van der Waals surface area contributed by atoms with Crippen LogP contribution in [0.2, 0.25) is 0 Å². The van der Waals surface area contributed by atoms with Gasteiger partial charge in [0.05, 0.1) is 0 Å². The van der Waals surface area contributed by atoms with Crippen LogP contribution in [0.5, 0.6) is 0 Å². The Morgan fingerprint density at radius 1 is 1.00 bits per heavy atom. The predicted octanol–water partition coefficient (Wildman–Crippen LogP) is -3.29. The third-order valence-corrected chi connectivity index (χ3v) is 0. The molecule has 0 fully saturated rings. The molecular weight excluding hydrogens is 248 g/mol. The molecule has 0 amide bonds. The second-order valence-electron chi connectivity index (χ2n) is 0. The van der Waals surface area contributed by atoms with Crippen LogP contribution < -0.4 is 0 Å². The summed E-state index contributed by atoms with van der Waals surface area (Å²) < 4.78 is 0. The summed E-state index contributed by atoms with van der Waals surface area (Å²) in [6.07, 6.45) is 0. The van der Waals surface area contributed by atoms with Crippen LogP contribution in [0, 0.1) is 0 Å². The first kappa shape index (κ1) is 26.0. The molecule has 4 heteroatoms. The number of hydrogen-bond acceptors (Lipinski definition) is 0. The predicted molar refractivity (Wildman–Crippen MR) is 28.4 cm³/mol. The zero-order chi connectivity index (χ0) is 0. The smallest absolute Gasteiger partial charge is 0 e. The Bertz CT molecular complexity index is 8.00. The number of hydrogen-bond donors (Lipinski definition) is 0. The van der Waals surface area contributed by atoms with Crippen LogP contribution in [-0.4, -0.2) is 84.7 Å². The van der Waals surface area contributed by atoms with Crippen molar-refractivity contribution in [1.29, 1.82) is 0 Å². The maximum absolute atomic E-state index is 0. The summed E-state index contributed by atoms with van der Waals surface area (Å²) >= 11 is 0. The van der Waals surface area contributed by atoms with E-state index in [0.717, 1.165) is 0 Å². The fourth-order valence-electron chi connectivity index (χ4n) is 0. The van der Waals surface area contributed by atoms with Crippen molar-refractivity contribution in [2.75, 3.05) is 0 Å². The number of rotatable bonds is 0. The fraction of sp³-hybridized carbons (Fsp3) is 0. The minimum absolute atomic E-state index is 0.